The Bertz CT molecular complexity index is 479. The second-order valence-corrected chi connectivity index (χ2v) is 4.29. The zero-order valence-electron chi connectivity index (χ0n) is 9.43. The number of amides is 1. The molecule has 2 rings (SSSR count). The van der Waals surface area contributed by atoms with Gasteiger partial charge in [0.2, 0.25) is 0 Å². The molecule has 0 saturated heterocycles. The quantitative estimate of drug-likeness (QED) is 0.873. The van der Waals surface area contributed by atoms with E-state index in [2.05, 4.69) is 15.6 Å². The van der Waals surface area contributed by atoms with Crippen molar-refractivity contribution in [2.24, 2.45) is 0 Å². The monoisotopic (exact) mass is 247 g/mol. The predicted octanol–water partition coefficient (Wildman–Crippen LogP) is 2.83. The minimum absolute atomic E-state index is 0.136. The lowest BCUT2D eigenvalue weighted by molar-refractivity contribution is 0.102. The molecule has 0 radical (unpaired) electrons. The van der Waals surface area contributed by atoms with Crippen LogP contribution in [0.2, 0.25) is 0 Å². The van der Waals surface area contributed by atoms with E-state index in [1.165, 1.54) is 11.3 Å². The Labute approximate surface area is 104 Å². The molecule has 1 amide bonds. The van der Waals surface area contributed by atoms with Gasteiger partial charge in [-0.15, -0.1) is 11.3 Å². The maximum Gasteiger partial charge on any atom is 0.257 e. The number of thiazole rings is 1. The first kappa shape index (κ1) is 11.6. The van der Waals surface area contributed by atoms with Crippen molar-refractivity contribution in [3.8, 4) is 0 Å². The van der Waals surface area contributed by atoms with Crippen molar-refractivity contribution >= 4 is 28.1 Å². The summed E-state index contributed by atoms with van der Waals surface area (Å²) in [5, 5.41) is 8.35. The molecular formula is C12H13N3OS. The summed E-state index contributed by atoms with van der Waals surface area (Å²) in [5.74, 6) is -0.136. The molecule has 2 aromatic rings. The average Bonchev–Trinajstić information content (AvgIpc) is 2.83. The molecule has 0 atom stereocenters. The van der Waals surface area contributed by atoms with E-state index in [1.54, 1.807) is 18.3 Å². The molecule has 1 aromatic carbocycles. The molecule has 0 saturated carbocycles. The van der Waals surface area contributed by atoms with E-state index < -0.39 is 0 Å². The number of carbonyl (C=O) groups is 1. The van der Waals surface area contributed by atoms with Gasteiger partial charge in [-0.1, -0.05) is 0 Å². The van der Waals surface area contributed by atoms with E-state index >= 15 is 0 Å². The molecule has 0 unspecified atom stereocenters. The number of aromatic nitrogens is 1. The molecule has 0 aliphatic rings. The number of benzene rings is 1. The predicted molar refractivity (Wildman–Crippen MR) is 70.7 cm³/mol. The normalized spacial score (nSPS) is 9.94. The third-order valence-corrected chi connectivity index (χ3v) is 2.87. The Morgan fingerprint density at radius 2 is 2.12 bits per heavy atom. The van der Waals surface area contributed by atoms with Crippen molar-refractivity contribution in [1.82, 2.24) is 4.98 Å². The second-order valence-electron chi connectivity index (χ2n) is 3.40. The van der Waals surface area contributed by atoms with Gasteiger partial charge in [0.05, 0.1) is 0 Å². The molecule has 4 nitrogen and oxygen atoms in total. The highest BCUT2D eigenvalue weighted by Gasteiger charge is 2.06. The molecule has 5 heteroatoms. The van der Waals surface area contributed by atoms with E-state index in [0.29, 0.717) is 10.7 Å². The van der Waals surface area contributed by atoms with Crippen LogP contribution in [-0.4, -0.2) is 17.4 Å². The maximum atomic E-state index is 11.8. The van der Waals surface area contributed by atoms with E-state index in [-0.39, 0.29) is 5.91 Å². The average molecular weight is 247 g/mol. The fourth-order valence-electron chi connectivity index (χ4n) is 1.40. The molecule has 1 aromatic heterocycles. The van der Waals surface area contributed by atoms with Crippen molar-refractivity contribution in [1.29, 1.82) is 0 Å². The number of carbonyl (C=O) groups excluding carboxylic acids is 1. The van der Waals surface area contributed by atoms with Crippen LogP contribution in [0.4, 0.5) is 10.8 Å². The van der Waals surface area contributed by atoms with Crippen LogP contribution in [0.25, 0.3) is 0 Å². The van der Waals surface area contributed by atoms with Gasteiger partial charge in [0.1, 0.15) is 0 Å². The first-order valence-corrected chi connectivity index (χ1v) is 6.22. The van der Waals surface area contributed by atoms with E-state index in [4.69, 9.17) is 0 Å². The lowest BCUT2D eigenvalue weighted by atomic mass is 10.2. The lowest BCUT2D eigenvalue weighted by Crippen LogP contribution is -2.11. The van der Waals surface area contributed by atoms with Gasteiger partial charge < -0.3 is 5.32 Å². The Balaban J connectivity index is 2.04. The Morgan fingerprint density at radius 1 is 1.35 bits per heavy atom. The van der Waals surface area contributed by atoms with E-state index in [0.717, 1.165) is 12.2 Å². The maximum absolute atomic E-state index is 11.8. The summed E-state index contributed by atoms with van der Waals surface area (Å²) < 4.78 is 0. The van der Waals surface area contributed by atoms with E-state index in [1.807, 2.05) is 24.4 Å². The van der Waals surface area contributed by atoms with Crippen molar-refractivity contribution in [2.75, 3.05) is 17.2 Å². The highest BCUT2D eigenvalue weighted by molar-refractivity contribution is 7.13. The van der Waals surface area contributed by atoms with Crippen molar-refractivity contribution in [3.63, 3.8) is 0 Å². The van der Waals surface area contributed by atoms with E-state index in [9.17, 15) is 4.79 Å². The van der Waals surface area contributed by atoms with Crippen LogP contribution in [0.15, 0.2) is 35.8 Å². The Hall–Kier alpha value is -1.88. The fraction of sp³-hybridized carbons (Fsp3) is 0.167. The molecule has 0 spiro atoms. The standard InChI is InChI=1S/C12H13N3OS/c1-2-13-10-5-3-9(4-6-10)11(16)15-12-14-7-8-17-12/h3-8,13H,2H2,1H3,(H,14,15,16). The van der Waals surface area contributed by atoms with Crippen LogP contribution in [0, 0.1) is 0 Å². The minimum atomic E-state index is -0.136. The molecule has 0 fully saturated rings. The lowest BCUT2D eigenvalue weighted by Gasteiger charge is -2.05. The third kappa shape index (κ3) is 3.04. The third-order valence-electron chi connectivity index (χ3n) is 2.18. The summed E-state index contributed by atoms with van der Waals surface area (Å²) in [7, 11) is 0. The molecule has 0 aliphatic heterocycles. The van der Waals surface area contributed by atoms with Gasteiger partial charge in [-0.3, -0.25) is 10.1 Å². The van der Waals surface area contributed by atoms with Crippen LogP contribution < -0.4 is 10.6 Å². The topological polar surface area (TPSA) is 54.0 Å². The number of anilines is 2. The number of rotatable bonds is 4. The summed E-state index contributed by atoms with van der Waals surface area (Å²) in [4.78, 5) is 15.8. The first-order chi connectivity index (χ1) is 8.29. The molecule has 2 N–H and O–H groups in total. The van der Waals surface area contributed by atoms with Crippen molar-refractivity contribution in [3.05, 3.63) is 41.4 Å². The number of nitrogens with one attached hydrogen (secondary N) is 2. The fourth-order valence-corrected chi connectivity index (χ4v) is 1.92. The van der Waals surface area contributed by atoms with Gasteiger partial charge in [-0.05, 0) is 31.2 Å². The summed E-state index contributed by atoms with van der Waals surface area (Å²) in [6.45, 7) is 2.90. The molecular weight excluding hydrogens is 234 g/mol. The summed E-state index contributed by atoms with van der Waals surface area (Å²) in [6, 6.07) is 7.36. The van der Waals surface area contributed by atoms with Crippen molar-refractivity contribution < 1.29 is 4.79 Å². The first-order valence-electron chi connectivity index (χ1n) is 5.34. The molecule has 0 aliphatic carbocycles. The molecule has 0 bridgehead atoms. The largest absolute Gasteiger partial charge is 0.385 e. The number of hydrogen-bond acceptors (Lipinski definition) is 4. The Kier molecular flexibility index (Phi) is 3.72. The van der Waals surface area contributed by atoms with Gasteiger partial charge in [-0.25, -0.2) is 4.98 Å². The van der Waals surface area contributed by atoms with Crippen molar-refractivity contribution in [2.45, 2.75) is 6.92 Å². The van der Waals surface area contributed by atoms with Crippen LogP contribution in [0.5, 0.6) is 0 Å². The van der Waals surface area contributed by atoms with Crippen LogP contribution in [0.3, 0.4) is 0 Å². The summed E-state index contributed by atoms with van der Waals surface area (Å²) in [6.07, 6.45) is 1.66. The molecule has 17 heavy (non-hydrogen) atoms. The molecule has 1 heterocycles. The second kappa shape index (κ2) is 5.45. The Morgan fingerprint density at radius 3 is 2.71 bits per heavy atom. The smallest absolute Gasteiger partial charge is 0.257 e. The SMILES string of the molecule is CCNc1ccc(C(=O)Nc2nccs2)cc1. The zero-order valence-corrected chi connectivity index (χ0v) is 10.3. The van der Waals surface area contributed by atoms with Crippen LogP contribution in [-0.2, 0) is 0 Å². The van der Waals surface area contributed by atoms with Gasteiger partial charge >= 0.3 is 0 Å². The highest BCUT2D eigenvalue weighted by Crippen LogP contribution is 2.14. The van der Waals surface area contributed by atoms with Gasteiger partial charge in [0.25, 0.3) is 5.91 Å². The zero-order chi connectivity index (χ0) is 12.1. The van der Waals surface area contributed by atoms with Gasteiger partial charge in [-0.2, -0.15) is 0 Å². The minimum Gasteiger partial charge on any atom is -0.385 e. The van der Waals surface area contributed by atoms with Gasteiger partial charge in [0.15, 0.2) is 5.13 Å². The van der Waals surface area contributed by atoms with Crippen LogP contribution >= 0.6 is 11.3 Å². The van der Waals surface area contributed by atoms with Gasteiger partial charge in [0, 0.05) is 29.4 Å². The summed E-state index contributed by atoms with van der Waals surface area (Å²) >= 11 is 1.40. The molecule has 88 valence electrons. The van der Waals surface area contributed by atoms with Crippen LogP contribution in [0.1, 0.15) is 17.3 Å². The number of hydrogen-bond donors (Lipinski definition) is 2. The summed E-state index contributed by atoms with van der Waals surface area (Å²) in [5.41, 5.74) is 1.64. The highest BCUT2D eigenvalue weighted by atomic mass is 32.1. The number of nitrogens with zero attached hydrogens (tertiary/aromatic N) is 1.